The van der Waals surface area contributed by atoms with Crippen molar-refractivity contribution in [2.24, 2.45) is 0 Å². The van der Waals surface area contributed by atoms with Gasteiger partial charge in [-0.3, -0.25) is 14.5 Å². The molecule has 1 N–H and O–H groups in total. The summed E-state index contributed by atoms with van der Waals surface area (Å²) in [6.07, 6.45) is 0. The van der Waals surface area contributed by atoms with E-state index in [1.807, 2.05) is 32.0 Å². The van der Waals surface area contributed by atoms with E-state index in [4.69, 9.17) is 9.84 Å². The van der Waals surface area contributed by atoms with Crippen LogP contribution in [-0.2, 0) is 9.59 Å². The molecule has 3 rings (SSSR count). The van der Waals surface area contributed by atoms with Crippen molar-refractivity contribution >= 4 is 29.1 Å². The zero-order valence-corrected chi connectivity index (χ0v) is 17.1. The number of hydrogen-bond donors (Lipinski definition) is 1. The van der Waals surface area contributed by atoms with Gasteiger partial charge in [0, 0.05) is 5.75 Å². The van der Waals surface area contributed by atoms with Crippen molar-refractivity contribution in [3.8, 4) is 5.75 Å². The Bertz CT molecular complexity index is 936. The van der Waals surface area contributed by atoms with Crippen LogP contribution in [0.1, 0.15) is 16.7 Å². The molecule has 152 valence electrons. The number of halogens is 1. The van der Waals surface area contributed by atoms with Gasteiger partial charge in [0.05, 0.1) is 23.6 Å². The molecule has 0 aliphatic carbocycles. The fourth-order valence-corrected chi connectivity index (χ4v) is 4.06. The lowest BCUT2D eigenvalue weighted by Crippen LogP contribution is -2.35. The summed E-state index contributed by atoms with van der Waals surface area (Å²) in [6, 6.07) is 11.3. The number of aryl methyl sites for hydroxylation is 2. The molecule has 0 unspecified atom stereocenters. The maximum absolute atomic E-state index is 13.3. The van der Waals surface area contributed by atoms with Gasteiger partial charge in [-0.25, -0.2) is 4.39 Å². The van der Waals surface area contributed by atoms with E-state index >= 15 is 0 Å². The van der Waals surface area contributed by atoms with Crippen LogP contribution in [0.5, 0.6) is 5.75 Å². The molecule has 0 fully saturated rings. The van der Waals surface area contributed by atoms with Crippen LogP contribution in [-0.4, -0.2) is 47.3 Å². The second-order valence-corrected chi connectivity index (χ2v) is 7.82. The highest BCUT2D eigenvalue weighted by atomic mass is 32.2. The van der Waals surface area contributed by atoms with E-state index < -0.39 is 17.6 Å². The average Bonchev–Trinajstić information content (AvgIpc) is 2.90. The van der Waals surface area contributed by atoms with Crippen LogP contribution >= 0.6 is 11.8 Å². The normalized spacial score (nSPS) is 14.1. The predicted molar refractivity (Wildman–Crippen MR) is 111 cm³/mol. The number of hydrogen-bond acceptors (Lipinski definition) is 5. The van der Waals surface area contributed by atoms with E-state index in [1.165, 1.54) is 24.3 Å². The van der Waals surface area contributed by atoms with Crippen LogP contribution in [0.2, 0.25) is 0 Å². The maximum atomic E-state index is 13.3. The first-order valence-corrected chi connectivity index (χ1v) is 10.2. The van der Waals surface area contributed by atoms with Crippen LogP contribution < -0.4 is 4.74 Å². The topological polar surface area (TPSA) is 66.8 Å². The summed E-state index contributed by atoms with van der Waals surface area (Å²) in [5.74, 6) is -0.313. The summed E-state index contributed by atoms with van der Waals surface area (Å²) in [6.45, 7) is 4.07. The summed E-state index contributed by atoms with van der Waals surface area (Å²) in [7, 11) is 0. The molecule has 0 atom stereocenters. The smallest absolute Gasteiger partial charge is 0.268 e. The summed E-state index contributed by atoms with van der Waals surface area (Å²) < 4.78 is 19.0. The second-order valence-electron chi connectivity index (χ2n) is 6.72. The number of thioether (sulfide) groups is 1. The van der Waals surface area contributed by atoms with Gasteiger partial charge in [-0.2, -0.15) is 0 Å². The lowest BCUT2D eigenvalue weighted by Gasteiger charge is -2.16. The molecule has 5 nitrogen and oxygen atoms in total. The van der Waals surface area contributed by atoms with Crippen molar-refractivity contribution in [1.29, 1.82) is 0 Å². The Kier molecular flexibility index (Phi) is 6.71. The number of carbonyl (C=O) groups is 2. The van der Waals surface area contributed by atoms with Crippen molar-refractivity contribution < 1.29 is 23.8 Å². The van der Waals surface area contributed by atoms with Gasteiger partial charge in [-0.05, 0) is 54.8 Å². The highest BCUT2D eigenvalue weighted by Gasteiger charge is 2.38. The Morgan fingerprint density at radius 2 is 1.69 bits per heavy atom. The Labute approximate surface area is 173 Å². The highest BCUT2D eigenvalue weighted by Crippen LogP contribution is 2.35. The van der Waals surface area contributed by atoms with Crippen molar-refractivity contribution in [1.82, 2.24) is 4.90 Å². The number of ether oxygens (including phenoxy) is 1. The molecule has 2 aromatic rings. The quantitative estimate of drug-likeness (QED) is 0.670. The fourth-order valence-electron chi connectivity index (χ4n) is 3.18. The van der Waals surface area contributed by atoms with Gasteiger partial charge in [0.25, 0.3) is 11.8 Å². The largest absolute Gasteiger partial charge is 0.492 e. The highest BCUT2D eigenvalue weighted by molar-refractivity contribution is 8.04. The van der Waals surface area contributed by atoms with Crippen molar-refractivity contribution in [3.63, 3.8) is 0 Å². The molecular weight excluding hydrogens is 393 g/mol. The Morgan fingerprint density at radius 1 is 1.03 bits per heavy atom. The zero-order valence-electron chi connectivity index (χ0n) is 16.3. The summed E-state index contributed by atoms with van der Waals surface area (Å²) in [5, 5.41) is 9.13. The number of nitrogens with zero attached hydrogens (tertiary/aromatic N) is 1. The molecule has 0 aromatic heterocycles. The Morgan fingerprint density at radius 3 is 2.31 bits per heavy atom. The molecule has 0 radical (unpaired) electrons. The first-order valence-electron chi connectivity index (χ1n) is 9.22. The summed E-state index contributed by atoms with van der Waals surface area (Å²) in [5.41, 5.74) is 2.84. The van der Waals surface area contributed by atoms with Crippen LogP contribution in [0.3, 0.4) is 0 Å². The van der Waals surface area contributed by atoms with E-state index in [0.717, 1.165) is 27.8 Å². The molecule has 2 aromatic carbocycles. The minimum absolute atomic E-state index is 0.0958. The molecular formula is C22H22FNO4S. The van der Waals surface area contributed by atoms with E-state index in [2.05, 4.69) is 0 Å². The third kappa shape index (κ3) is 4.86. The van der Waals surface area contributed by atoms with E-state index in [0.29, 0.717) is 11.3 Å². The zero-order chi connectivity index (χ0) is 21.0. The van der Waals surface area contributed by atoms with Gasteiger partial charge >= 0.3 is 0 Å². The molecule has 1 aliphatic heterocycles. The minimum Gasteiger partial charge on any atom is -0.492 e. The molecule has 1 heterocycles. The number of imide groups is 1. The van der Waals surface area contributed by atoms with Gasteiger partial charge in [0.1, 0.15) is 18.2 Å². The van der Waals surface area contributed by atoms with Gasteiger partial charge in [0.15, 0.2) is 0 Å². The molecule has 7 heteroatoms. The predicted octanol–water partition coefficient (Wildman–Crippen LogP) is 3.33. The molecule has 0 saturated heterocycles. The fraction of sp³-hybridized carbons (Fsp3) is 0.273. The van der Waals surface area contributed by atoms with Crippen molar-refractivity contribution in [3.05, 3.63) is 69.9 Å². The molecule has 0 bridgehead atoms. The average molecular weight is 415 g/mol. The number of aliphatic hydroxyl groups is 1. The monoisotopic (exact) mass is 415 g/mol. The van der Waals surface area contributed by atoms with E-state index in [1.54, 1.807) is 0 Å². The first-order chi connectivity index (χ1) is 13.9. The van der Waals surface area contributed by atoms with Gasteiger partial charge < -0.3 is 9.84 Å². The number of amides is 2. The SMILES string of the molecule is Cc1cc(C)cc(OCCN2C(=O)C(SCCO)=C(c3ccc(F)cc3)C2=O)c1. The van der Waals surface area contributed by atoms with Gasteiger partial charge in [-0.1, -0.05) is 18.2 Å². The summed E-state index contributed by atoms with van der Waals surface area (Å²) in [4.78, 5) is 27.2. The lowest BCUT2D eigenvalue weighted by molar-refractivity contribution is -0.136. The third-order valence-corrected chi connectivity index (χ3v) is 5.43. The summed E-state index contributed by atoms with van der Waals surface area (Å²) >= 11 is 1.12. The lowest BCUT2D eigenvalue weighted by atomic mass is 10.1. The van der Waals surface area contributed by atoms with Crippen molar-refractivity contribution in [2.45, 2.75) is 13.8 Å². The molecule has 0 spiro atoms. The van der Waals surface area contributed by atoms with Crippen LogP contribution in [0.15, 0.2) is 47.4 Å². The Hall–Kier alpha value is -2.64. The number of benzene rings is 2. The van der Waals surface area contributed by atoms with Gasteiger partial charge in [0.2, 0.25) is 0 Å². The molecule has 0 saturated carbocycles. The van der Waals surface area contributed by atoms with Crippen molar-refractivity contribution in [2.75, 3.05) is 25.5 Å². The molecule has 2 amide bonds. The van der Waals surface area contributed by atoms with Crippen LogP contribution in [0.25, 0.3) is 5.57 Å². The Balaban J connectivity index is 1.76. The third-order valence-electron chi connectivity index (χ3n) is 4.37. The van der Waals surface area contributed by atoms with Crippen LogP contribution in [0.4, 0.5) is 4.39 Å². The number of aliphatic hydroxyl groups excluding tert-OH is 1. The minimum atomic E-state index is -0.439. The second kappa shape index (κ2) is 9.24. The standard InChI is InChI=1S/C22H22FNO4S/c1-14-11-15(2)13-18(12-14)28-9-7-24-21(26)19(16-3-5-17(23)6-4-16)20(22(24)27)29-10-8-25/h3-6,11-13,25H,7-10H2,1-2H3. The molecule has 29 heavy (non-hydrogen) atoms. The van der Waals surface area contributed by atoms with E-state index in [-0.39, 0.29) is 36.0 Å². The first kappa shape index (κ1) is 21.1. The van der Waals surface area contributed by atoms with Crippen LogP contribution in [0, 0.1) is 19.7 Å². The number of carbonyl (C=O) groups excluding carboxylic acids is 2. The maximum Gasteiger partial charge on any atom is 0.268 e. The van der Waals surface area contributed by atoms with E-state index in [9.17, 15) is 14.0 Å². The number of rotatable bonds is 8. The van der Waals surface area contributed by atoms with Gasteiger partial charge in [-0.15, -0.1) is 11.8 Å². The molecule has 1 aliphatic rings.